The highest BCUT2D eigenvalue weighted by molar-refractivity contribution is 7.91. The van der Waals surface area contributed by atoms with E-state index in [0.29, 0.717) is 10.8 Å². The molecule has 0 aliphatic rings. The van der Waals surface area contributed by atoms with Crippen molar-refractivity contribution in [1.29, 1.82) is 0 Å². The maximum absolute atomic E-state index is 12.3. The quantitative estimate of drug-likeness (QED) is 0.852. The molecule has 0 bridgehead atoms. The normalized spacial score (nSPS) is 13.6. The van der Waals surface area contributed by atoms with Crippen molar-refractivity contribution in [2.75, 3.05) is 7.05 Å². The monoisotopic (exact) mass is 331 g/mol. The molecule has 0 radical (unpaired) electrons. The summed E-state index contributed by atoms with van der Waals surface area (Å²) in [5.41, 5.74) is 1.87. The topological polar surface area (TPSA) is 71.1 Å². The van der Waals surface area contributed by atoms with E-state index in [4.69, 9.17) is 0 Å². The van der Waals surface area contributed by atoms with Gasteiger partial charge < -0.3 is 5.32 Å². The molecule has 0 fully saturated rings. The summed E-state index contributed by atoms with van der Waals surface area (Å²) < 4.78 is 27.6. The number of rotatable bonds is 6. The van der Waals surface area contributed by atoms with Crippen molar-refractivity contribution in [2.24, 2.45) is 0 Å². The van der Waals surface area contributed by atoms with Gasteiger partial charge in [-0.2, -0.15) is 0 Å². The lowest BCUT2D eigenvalue weighted by Gasteiger charge is -2.10. The van der Waals surface area contributed by atoms with Crippen LogP contribution >= 0.6 is 22.7 Å². The van der Waals surface area contributed by atoms with Gasteiger partial charge in [0.25, 0.3) is 10.0 Å². The van der Waals surface area contributed by atoms with E-state index < -0.39 is 10.0 Å². The van der Waals surface area contributed by atoms with Crippen LogP contribution < -0.4 is 10.0 Å². The van der Waals surface area contributed by atoms with Crippen molar-refractivity contribution in [3.05, 3.63) is 33.1 Å². The molecule has 2 aromatic rings. The summed E-state index contributed by atoms with van der Waals surface area (Å²) in [6.07, 6.45) is 0. The van der Waals surface area contributed by atoms with Crippen LogP contribution in [0.25, 0.3) is 0 Å². The first-order valence-electron chi connectivity index (χ1n) is 6.08. The van der Waals surface area contributed by atoms with Gasteiger partial charge >= 0.3 is 0 Å². The molecule has 5 nitrogen and oxygen atoms in total. The molecule has 110 valence electrons. The number of aryl methyl sites for hydroxylation is 1. The Morgan fingerprint density at radius 1 is 1.35 bits per heavy atom. The molecule has 0 amide bonds. The van der Waals surface area contributed by atoms with Gasteiger partial charge in [0.15, 0.2) is 0 Å². The first kappa shape index (κ1) is 15.6. The minimum atomic E-state index is -3.49. The number of aromatic nitrogens is 1. The van der Waals surface area contributed by atoms with Gasteiger partial charge in [-0.25, -0.2) is 18.1 Å². The van der Waals surface area contributed by atoms with Crippen LogP contribution in [0.4, 0.5) is 0 Å². The van der Waals surface area contributed by atoms with Crippen molar-refractivity contribution in [3.8, 4) is 0 Å². The smallest absolute Gasteiger partial charge is 0.250 e. The van der Waals surface area contributed by atoms with Crippen molar-refractivity contribution in [1.82, 2.24) is 15.0 Å². The Bertz CT molecular complexity index is 676. The molecule has 0 saturated heterocycles. The summed E-state index contributed by atoms with van der Waals surface area (Å²) >= 11 is 2.69. The highest BCUT2D eigenvalue weighted by atomic mass is 32.2. The SMILES string of the molecule is CNCc1csc(S(=O)(=O)NC(C)c2nc(C)cs2)c1. The fraction of sp³-hybridized carbons (Fsp3) is 0.417. The summed E-state index contributed by atoms with van der Waals surface area (Å²) in [7, 11) is -1.66. The average molecular weight is 331 g/mol. The number of thiazole rings is 1. The van der Waals surface area contributed by atoms with Gasteiger partial charge in [0.1, 0.15) is 9.22 Å². The summed E-state index contributed by atoms with van der Waals surface area (Å²) in [5, 5.41) is 7.54. The molecule has 20 heavy (non-hydrogen) atoms. The molecule has 2 aromatic heterocycles. The number of hydrogen-bond donors (Lipinski definition) is 2. The first-order valence-corrected chi connectivity index (χ1v) is 9.33. The third kappa shape index (κ3) is 3.64. The molecule has 1 atom stereocenters. The van der Waals surface area contributed by atoms with Crippen molar-refractivity contribution in [2.45, 2.75) is 30.6 Å². The van der Waals surface area contributed by atoms with E-state index in [9.17, 15) is 8.42 Å². The Morgan fingerprint density at radius 2 is 2.10 bits per heavy atom. The van der Waals surface area contributed by atoms with Gasteiger partial charge in [-0.15, -0.1) is 22.7 Å². The summed E-state index contributed by atoms with van der Waals surface area (Å²) in [6.45, 7) is 4.36. The average Bonchev–Trinajstić information content (AvgIpc) is 2.98. The van der Waals surface area contributed by atoms with Crippen molar-refractivity contribution < 1.29 is 8.42 Å². The second kappa shape index (κ2) is 6.31. The van der Waals surface area contributed by atoms with E-state index in [1.165, 1.54) is 22.7 Å². The molecule has 0 aliphatic heterocycles. The maximum atomic E-state index is 12.3. The minimum absolute atomic E-state index is 0.325. The van der Waals surface area contributed by atoms with Crippen LogP contribution in [0.5, 0.6) is 0 Å². The van der Waals surface area contributed by atoms with Crippen LogP contribution in [0.1, 0.15) is 29.2 Å². The number of nitrogens with zero attached hydrogens (tertiary/aromatic N) is 1. The van der Waals surface area contributed by atoms with Gasteiger partial charge in [0.2, 0.25) is 0 Å². The third-order valence-electron chi connectivity index (χ3n) is 2.61. The number of nitrogens with one attached hydrogen (secondary N) is 2. The molecule has 8 heteroatoms. The highest BCUT2D eigenvalue weighted by Crippen LogP contribution is 2.24. The van der Waals surface area contributed by atoms with Crippen LogP contribution in [0.15, 0.2) is 21.0 Å². The number of hydrogen-bond acceptors (Lipinski definition) is 6. The molecule has 0 aromatic carbocycles. The van der Waals surface area contributed by atoms with Crippen molar-refractivity contribution in [3.63, 3.8) is 0 Å². The fourth-order valence-electron chi connectivity index (χ4n) is 1.70. The molecule has 1 unspecified atom stereocenters. The Kier molecular flexibility index (Phi) is 4.92. The van der Waals surface area contributed by atoms with Crippen LogP contribution in [-0.4, -0.2) is 20.4 Å². The molecular formula is C12H17N3O2S3. The summed E-state index contributed by atoms with van der Waals surface area (Å²) in [5.74, 6) is 0. The van der Waals surface area contributed by atoms with Crippen LogP contribution in [0.2, 0.25) is 0 Å². The van der Waals surface area contributed by atoms with Gasteiger partial charge in [-0.1, -0.05) is 0 Å². The number of thiophene rings is 1. The minimum Gasteiger partial charge on any atom is -0.316 e. The maximum Gasteiger partial charge on any atom is 0.250 e. The van der Waals surface area contributed by atoms with Crippen LogP contribution in [-0.2, 0) is 16.6 Å². The Balaban J connectivity index is 2.13. The third-order valence-corrected chi connectivity index (χ3v) is 6.79. The number of sulfonamides is 1. The summed E-state index contributed by atoms with van der Waals surface area (Å²) in [4.78, 5) is 4.31. The van der Waals surface area contributed by atoms with E-state index >= 15 is 0 Å². The predicted molar refractivity (Wildman–Crippen MR) is 82.7 cm³/mol. The molecule has 0 aliphatic carbocycles. The lowest BCUT2D eigenvalue weighted by molar-refractivity contribution is 0.568. The summed E-state index contributed by atoms with van der Waals surface area (Å²) in [6, 6.07) is 1.37. The van der Waals surface area contributed by atoms with Gasteiger partial charge in [-0.3, -0.25) is 0 Å². The zero-order valence-corrected chi connectivity index (χ0v) is 14.0. The van der Waals surface area contributed by atoms with E-state index in [1.807, 2.05) is 24.7 Å². The zero-order valence-electron chi connectivity index (χ0n) is 11.5. The van der Waals surface area contributed by atoms with Crippen LogP contribution in [0, 0.1) is 6.92 Å². The lowest BCUT2D eigenvalue weighted by atomic mass is 10.3. The second-order valence-electron chi connectivity index (χ2n) is 4.47. The zero-order chi connectivity index (χ0) is 14.8. The highest BCUT2D eigenvalue weighted by Gasteiger charge is 2.21. The fourth-order valence-corrected chi connectivity index (χ4v) is 5.02. The largest absolute Gasteiger partial charge is 0.316 e. The predicted octanol–water partition coefficient (Wildman–Crippen LogP) is 2.27. The van der Waals surface area contributed by atoms with Gasteiger partial charge in [0, 0.05) is 17.6 Å². The van der Waals surface area contributed by atoms with Crippen molar-refractivity contribution >= 4 is 32.7 Å². The van der Waals surface area contributed by atoms with Crippen LogP contribution in [0.3, 0.4) is 0 Å². The molecule has 0 saturated carbocycles. The van der Waals surface area contributed by atoms with E-state index in [1.54, 1.807) is 13.0 Å². The Hall–Kier alpha value is -0.800. The molecule has 0 spiro atoms. The van der Waals surface area contributed by atoms with Gasteiger partial charge in [0.05, 0.1) is 6.04 Å². The van der Waals surface area contributed by atoms with E-state index in [0.717, 1.165) is 16.3 Å². The Labute approximate surface area is 127 Å². The Morgan fingerprint density at radius 3 is 2.70 bits per heavy atom. The molecular weight excluding hydrogens is 314 g/mol. The lowest BCUT2D eigenvalue weighted by Crippen LogP contribution is -2.26. The molecule has 2 rings (SSSR count). The standard InChI is InChI=1S/C12H17N3O2S3/c1-8-6-19-12(14-8)9(2)15-20(16,17)11-4-10(5-13-3)7-18-11/h4,6-7,9,13,15H,5H2,1-3H3. The second-order valence-corrected chi connectivity index (χ2v) is 8.22. The molecule has 2 heterocycles. The molecule has 2 N–H and O–H groups in total. The van der Waals surface area contributed by atoms with Gasteiger partial charge in [-0.05, 0) is 37.9 Å². The van der Waals surface area contributed by atoms with E-state index in [-0.39, 0.29) is 6.04 Å². The van der Waals surface area contributed by atoms with E-state index in [2.05, 4.69) is 15.0 Å². The first-order chi connectivity index (χ1) is 9.42.